The lowest BCUT2D eigenvalue weighted by Crippen LogP contribution is -2.42. The molecule has 2 aliphatic rings. The number of alkyl halides is 3. The number of H-pyrrole nitrogens is 1. The second kappa shape index (κ2) is 12.1. The van der Waals surface area contributed by atoms with Gasteiger partial charge < -0.3 is 25.7 Å². The van der Waals surface area contributed by atoms with E-state index >= 15 is 0 Å². The molecule has 1 fully saturated rings. The van der Waals surface area contributed by atoms with E-state index in [1.54, 1.807) is 44.4 Å². The highest BCUT2D eigenvalue weighted by Crippen LogP contribution is 2.42. The fraction of sp³-hybridized carbons (Fsp3) is 0.448. The SMILES string of the molecule is Cc1ccc(NC(=O)C2=CC(OCC3CCCN3)C(C)C(C(F)(F)F)C2)cc1NC(=O)N(C)c1ncnc2[nH]ccc12. The maximum atomic E-state index is 14.0. The van der Waals surface area contributed by atoms with E-state index in [4.69, 9.17) is 4.74 Å². The van der Waals surface area contributed by atoms with Gasteiger partial charge in [0.1, 0.15) is 17.8 Å². The van der Waals surface area contributed by atoms with E-state index in [1.807, 2.05) is 0 Å². The van der Waals surface area contributed by atoms with Gasteiger partial charge in [0.05, 0.1) is 24.0 Å². The lowest BCUT2D eigenvalue weighted by Gasteiger charge is -2.36. The third-order valence-electron chi connectivity index (χ3n) is 8.01. The van der Waals surface area contributed by atoms with Crippen molar-refractivity contribution in [3.8, 4) is 0 Å². The summed E-state index contributed by atoms with van der Waals surface area (Å²) in [7, 11) is 1.57. The van der Waals surface area contributed by atoms with Crippen LogP contribution in [0.1, 0.15) is 31.7 Å². The second-order valence-electron chi connectivity index (χ2n) is 10.9. The number of carbonyl (C=O) groups is 2. The first-order chi connectivity index (χ1) is 20.0. The Morgan fingerprint density at radius 3 is 2.74 bits per heavy atom. The number of urea groups is 1. The van der Waals surface area contributed by atoms with Crippen LogP contribution in [0.15, 0.2) is 48.4 Å². The Labute approximate surface area is 241 Å². The minimum atomic E-state index is -4.48. The molecule has 224 valence electrons. The largest absolute Gasteiger partial charge is 0.392 e. The minimum Gasteiger partial charge on any atom is -0.372 e. The average Bonchev–Trinajstić information content (AvgIpc) is 3.65. The summed E-state index contributed by atoms with van der Waals surface area (Å²) in [6.45, 7) is 4.45. The Balaban J connectivity index is 1.30. The van der Waals surface area contributed by atoms with Crippen LogP contribution in [0.25, 0.3) is 11.0 Å². The van der Waals surface area contributed by atoms with Crippen LogP contribution in [0.4, 0.5) is 35.2 Å². The lowest BCUT2D eigenvalue weighted by atomic mass is 9.78. The molecular weight excluding hydrogens is 551 g/mol. The predicted octanol–water partition coefficient (Wildman–Crippen LogP) is 5.16. The lowest BCUT2D eigenvalue weighted by molar-refractivity contribution is -0.198. The summed E-state index contributed by atoms with van der Waals surface area (Å²) < 4.78 is 47.8. The Hall–Kier alpha value is -3.97. The van der Waals surface area contributed by atoms with E-state index in [0.717, 1.165) is 24.9 Å². The molecule has 1 aliphatic heterocycles. The molecule has 1 aliphatic carbocycles. The number of ether oxygens (including phenoxy) is 1. The number of aromatic nitrogens is 3. The number of carbonyl (C=O) groups excluding carboxylic acids is 2. The second-order valence-corrected chi connectivity index (χ2v) is 10.9. The van der Waals surface area contributed by atoms with Crippen molar-refractivity contribution < 1.29 is 27.5 Å². The molecule has 2 aromatic heterocycles. The Kier molecular flexibility index (Phi) is 8.50. The first kappa shape index (κ1) is 29.5. The molecule has 3 heterocycles. The van der Waals surface area contributed by atoms with E-state index in [0.29, 0.717) is 28.2 Å². The smallest absolute Gasteiger partial charge is 0.372 e. The van der Waals surface area contributed by atoms with Crippen LogP contribution in [-0.4, -0.2) is 65.4 Å². The zero-order valence-corrected chi connectivity index (χ0v) is 23.6. The number of benzene rings is 1. The number of nitrogens with zero attached hydrogens (tertiary/aromatic N) is 3. The molecule has 0 radical (unpaired) electrons. The number of hydrogen-bond donors (Lipinski definition) is 4. The highest BCUT2D eigenvalue weighted by atomic mass is 19.4. The molecule has 3 amide bonds. The highest BCUT2D eigenvalue weighted by molar-refractivity contribution is 6.07. The average molecular weight is 586 g/mol. The molecular formula is C29H34F3N7O3. The molecule has 0 spiro atoms. The van der Waals surface area contributed by atoms with Crippen LogP contribution < -0.4 is 20.9 Å². The molecule has 4 unspecified atom stereocenters. The Bertz CT molecular complexity index is 1480. The molecule has 0 saturated carbocycles. The number of anilines is 3. The van der Waals surface area contributed by atoms with Gasteiger partial charge in [-0.05, 0) is 68.5 Å². The fourth-order valence-corrected chi connectivity index (χ4v) is 5.45. The number of nitrogens with one attached hydrogen (secondary N) is 4. The van der Waals surface area contributed by atoms with Crippen LogP contribution in [0.5, 0.6) is 0 Å². The summed E-state index contributed by atoms with van der Waals surface area (Å²) in [5.74, 6) is -2.78. The van der Waals surface area contributed by atoms with E-state index in [9.17, 15) is 22.8 Å². The van der Waals surface area contributed by atoms with E-state index in [2.05, 4.69) is 30.9 Å². The van der Waals surface area contributed by atoms with Gasteiger partial charge in [0.25, 0.3) is 5.91 Å². The molecule has 10 nitrogen and oxygen atoms in total. The van der Waals surface area contributed by atoms with Gasteiger partial charge in [0.2, 0.25) is 0 Å². The van der Waals surface area contributed by atoms with Crippen LogP contribution in [0.2, 0.25) is 0 Å². The van der Waals surface area contributed by atoms with Gasteiger partial charge in [-0.15, -0.1) is 0 Å². The molecule has 4 N–H and O–H groups in total. The monoisotopic (exact) mass is 585 g/mol. The number of halogens is 3. The van der Waals surface area contributed by atoms with E-state index in [1.165, 1.54) is 24.2 Å². The zero-order valence-electron chi connectivity index (χ0n) is 23.6. The first-order valence-corrected chi connectivity index (χ1v) is 13.9. The van der Waals surface area contributed by atoms with Gasteiger partial charge in [-0.1, -0.05) is 13.0 Å². The maximum absolute atomic E-state index is 14.0. The van der Waals surface area contributed by atoms with Gasteiger partial charge in [-0.2, -0.15) is 13.2 Å². The van der Waals surface area contributed by atoms with Crippen molar-refractivity contribution in [2.24, 2.45) is 11.8 Å². The Morgan fingerprint density at radius 2 is 2.00 bits per heavy atom. The molecule has 42 heavy (non-hydrogen) atoms. The Morgan fingerprint density at radius 1 is 1.19 bits per heavy atom. The summed E-state index contributed by atoms with van der Waals surface area (Å²) in [5, 5.41) is 9.47. The summed E-state index contributed by atoms with van der Waals surface area (Å²) >= 11 is 0. The summed E-state index contributed by atoms with van der Waals surface area (Å²) in [6.07, 6.45) is 0.710. The van der Waals surface area contributed by atoms with Crippen molar-refractivity contribution in [2.45, 2.75) is 51.4 Å². The van der Waals surface area contributed by atoms with Crippen molar-refractivity contribution in [1.29, 1.82) is 0 Å². The molecule has 13 heteroatoms. The molecule has 5 rings (SSSR count). The van der Waals surface area contributed by atoms with Gasteiger partial charge in [-0.25, -0.2) is 14.8 Å². The fourth-order valence-electron chi connectivity index (χ4n) is 5.45. The minimum absolute atomic E-state index is 0.0185. The van der Waals surface area contributed by atoms with Gasteiger partial charge >= 0.3 is 12.2 Å². The zero-order chi connectivity index (χ0) is 30.0. The van der Waals surface area contributed by atoms with Crippen LogP contribution >= 0.6 is 0 Å². The topological polar surface area (TPSA) is 124 Å². The van der Waals surface area contributed by atoms with E-state index in [-0.39, 0.29) is 18.2 Å². The van der Waals surface area contributed by atoms with Gasteiger partial charge in [0, 0.05) is 36.2 Å². The molecule has 1 saturated heterocycles. The maximum Gasteiger partial charge on any atom is 0.392 e. The van der Waals surface area contributed by atoms with Crippen molar-refractivity contribution in [1.82, 2.24) is 20.3 Å². The molecule has 4 atom stereocenters. The number of hydrogen-bond acceptors (Lipinski definition) is 6. The van der Waals surface area contributed by atoms with Gasteiger partial charge in [-0.3, -0.25) is 9.69 Å². The van der Waals surface area contributed by atoms with Crippen LogP contribution in [0.3, 0.4) is 0 Å². The number of rotatable bonds is 7. The summed E-state index contributed by atoms with van der Waals surface area (Å²) in [6, 6.07) is 6.29. The van der Waals surface area contributed by atoms with Crippen molar-refractivity contribution in [3.63, 3.8) is 0 Å². The molecule has 3 aromatic rings. The third kappa shape index (κ3) is 6.41. The summed E-state index contributed by atoms with van der Waals surface area (Å²) in [5.41, 5.74) is 2.08. The van der Waals surface area contributed by atoms with Crippen LogP contribution in [-0.2, 0) is 9.53 Å². The molecule has 1 aromatic carbocycles. The normalized spacial score (nSPS) is 22.6. The summed E-state index contributed by atoms with van der Waals surface area (Å²) in [4.78, 5) is 39.0. The highest BCUT2D eigenvalue weighted by Gasteiger charge is 2.48. The predicted molar refractivity (Wildman–Crippen MR) is 153 cm³/mol. The van der Waals surface area contributed by atoms with Crippen molar-refractivity contribution in [3.05, 3.63) is 54.0 Å². The van der Waals surface area contributed by atoms with Gasteiger partial charge in [0.15, 0.2) is 0 Å². The number of amides is 3. The van der Waals surface area contributed by atoms with Crippen molar-refractivity contribution in [2.75, 3.05) is 35.7 Å². The molecule has 0 bridgehead atoms. The third-order valence-corrected chi connectivity index (χ3v) is 8.01. The first-order valence-electron chi connectivity index (χ1n) is 13.9. The quantitative estimate of drug-likeness (QED) is 0.304. The number of aromatic amines is 1. The van der Waals surface area contributed by atoms with E-state index < -0.39 is 42.5 Å². The number of fused-ring (bicyclic) bond motifs is 1. The van der Waals surface area contributed by atoms with Crippen LogP contribution in [0, 0.1) is 18.8 Å². The van der Waals surface area contributed by atoms with Crippen molar-refractivity contribution >= 4 is 40.2 Å². The number of aryl methyl sites for hydroxylation is 1. The standard InChI is InChI=1S/C29H34F3N7O3/c1-16-6-7-19(13-23(16)38-28(41)39(3)26-21-8-10-34-25(21)35-15-36-26)37-27(40)18-11-22(29(30,31)32)17(2)24(12-18)42-14-20-5-4-9-33-20/h6-8,10,12-13,15,17,20,22,24,33H,4-5,9,11,14H2,1-3H3,(H,37,40)(H,38,41)(H,34,35,36).